The normalized spacial score (nSPS) is 11.2. The largest absolute Gasteiger partial charge is 0.292 e. The Balaban J connectivity index is 1.76. The number of Topliss-reactive ketones (excluding diaryl/α,β-unsaturated/α-hetero) is 1. The Hall–Kier alpha value is -3.25. The van der Waals surface area contributed by atoms with Crippen LogP contribution in [0.2, 0.25) is 5.02 Å². The van der Waals surface area contributed by atoms with Crippen LogP contribution in [0.25, 0.3) is 16.7 Å². The zero-order valence-electron chi connectivity index (χ0n) is 17.2. The minimum Gasteiger partial charge on any atom is -0.292 e. The summed E-state index contributed by atoms with van der Waals surface area (Å²) in [5.41, 5.74) is 5.39. The predicted molar refractivity (Wildman–Crippen MR) is 118 cm³/mol. The molecule has 0 aliphatic rings. The molecule has 0 fully saturated rings. The maximum absolute atomic E-state index is 13.1. The second-order valence-electron chi connectivity index (χ2n) is 7.48. The van der Waals surface area contributed by atoms with Gasteiger partial charge in [0.1, 0.15) is 11.7 Å². The number of carbonyl (C=O) groups is 1. The van der Waals surface area contributed by atoms with E-state index in [1.807, 2.05) is 39.8 Å². The minimum atomic E-state index is -0.314. The maximum Gasteiger partial charge on any atom is 0.264 e. The molecule has 7 heteroatoms. The van der Waals surface area contributed by atoms with Gasteiger partial charge in [-0.2, -0.15) is 5.10 Å². The summed E-state index contributed by atoms with van der Waals surface area (Å²) in [5, 5.41) is 5.13. The number of ketones is 1. The fourth-order valence-electron chi connectivity index (χ4n) is 3.73. The number of aryl methyl sites for hydroxylation is 2. The molecule has 2 aromatic heterocycles. The van der Waals surface area contributed by atoms with Crippen molar-refractivity contribution in [2.24, 2.45) is 0 Å². The van der Waals surface area contributed by atoms with Gasteiger partial charge in [-0.05, 0) is 62.1 Å². The van der Waals surface area contributed by atoms with Crippen molar-refractivity contribution < 1.29 is 4.79 Å². The highest BCUT2D eigenvalue weighted by Crippen LogP contribution is 2.23. The number of para-hydroxylation sites is 1. The van der Waals surface area contributed by atoms with Gasteiger partial charge in [-0.15, -0.1) is 0 Å². The first-order chi connectivity index (χ1) is 14.3. The molecule has 0 amide bonds. The van der Waals surface area contributed by atoms with Gasteiger partial charge in [-0.3, -0.25) is 14.2 Å². The third-order valence-electron chi connectivity index (χ3n) is 5.59. The summed E-state index contributed by atoms with van der Waals surface area (Å²) in [4.78, 5) is 30.5. The summed E-state index contributed by atoms with van der Waals surface area (Å²) in [6.45, 7) is 7.77. The van der Waals surface area contributed by atoms with E-state index in [0.717, 1.165) is 22.3 Å². The van der Waals surface area contributed by atoms with Crippen LogP contribution in [0, 0.1) is 27.7 Å². The standard InChI is InChI=1S/C23H21ClN4O2/c1-13-9-14(2)16(4)21(15(13)3)20(29)11-27-12-25-22-17(23(27)30)10-26-28(22)19-8-6-5-7-18(19)24/h5-10,12H,11H2,1-4H3. The molecular weight excluding hydrogens is 400 g/mol. The van der Waals surface area contributed by atoms with Gasteiger partial charge in [-0.1, -0.05) is 29.8 Å². The SMILES string of the molecule is Cc1cc(C)c(C)c(C(=O)Cn2cnc3c(cnn3-c3ccccc3Cl)c2=O)c1C. The van der Waals surface area contributed by atoms with Crippen molar-refractivity contribution in [3.05, 3.63) is 86.0 Å². The highest BCUT2D eigenvalue weighted by Gasteiger charge is 2.19. The van der Waals surface area contributed by atoms with E-state index < -0.39 is 0 Å². The van der Waals surface area contributed by atoms with Gasteiger partial charge in [0.2, 0.25) is 0 Å². The van der Waals surface area contributed by atoms with E-state index in [4.69, 9.17) is 11.6 Å². The molecule has 30 heavy (non-hydrogen) atoms. The summed E-state index contributed by atoms with van der Waals surface area (Å²) in [7, 11) is 0. The Kier molecular flexibility index (Phi) is 5.03. The van der Waals surface area contributed by atoms with Gasteiger partial charge in [0, 0.05) is 5.56 Å². The predicted octanol–water partition coefficient (Wildman–Crippen LogP) is 4.35. The first-order valence-electron chi connectivity index (χ1n) is 9.58. The van der Waals surface area contributed by atoms with Crippen LogP contribution in [0.15, 0.2) is 47.7 Å². The summed E-state index contributed by atoms with van der Waals surface area (Å²) < 4.78 is 2.86. The third kappa shape index (κ3) is 3.23. The number of hydrogen-bond acceptors (Lipinski definition) is 4. The van der Waals surface area contributed by atoms with Crippen LogP contribution in [0.5, 0.6) is 0 Å². The van der Waals surface area contributed by atoms with E-state index in [0.29, 0.717) is 27.3 Å². The van der Waals surface area contributed by atoms with Crippen molar-refractivity contribution in [2.75, 3.05) is 0 Å². The van der Waals surface area contributed by atoms with Crippen LogP contribution >= 0.6 is 11.6 Å². The molecule has 6 nitrogen and oxygen atoms in total. The average Bonchev–Trinajstić information content (AvgIpc) is 3.14. The molecule has 4 rings (SSSR count). The van der Waals surface area contributed by atoms with Crippen LogP contribution in [-0.4, -0.2) is 25.1 Å². The second-order valence-corrected chi connectivity index (χ2v) is 7.89. The molecule has 0 aliphatic carbocycles. The lowest BCUT2D eigenvalue weighted by Crippen LogP contribution is -2.25. The van der Waals surface area contributed by atoms with Gasteiger partial charge >= 0.3 is 0 Å². The number of halogens is 1. The Morgan fingerprint density at radius 3 is 2.40 bits per heavy atom. The molecular formula is C23H21ClN4O2. The Bertz CT molecular complexity index is 1340. The van der Waals surface area contributed by atoms with Gasteiger partial charge in [0.05, 0.1) is 23.5 Å². The molecule has 4 aromatic rings. The second kappa shape index (κ2) is 7.54. The molecule has 152 valence electrons. The molecule has 2 heterocycles. The number of nitrogens with zero attached hydrogens (tertiary/aromatic N) is 4. The van der Waals surface area contributed by atoms with Crippen molar-refractivity contribution in [2.45, 2.75) is 34.2 Å². The van der Waals surface area contributed by atoms with E-state index in [9.17, 15) is 9.59 Å². The summed E-state index contributed by atoms with van der Waals surface area (Å²) in [6.07, 6.45) is 2.85. The smallest absolute Gasteiger partial charge is 0.264 e. The minimum absolute atomic E-state index is 0.0797. The fraction of sp³-hybridized carbons (Fsp3) is 0.217. The Labute approximate surface area is 178 Å². The lowest BCUT2D eigenvalue weighted by Gasteiger charge is -2.15. The third-order valence-corrected chi connectivity index (χ3v) is 5.91. The number of rotatable bonds is 4. The van der Waals surface area contributed by atoms with Crippen LogP contribution in [0.1, 0.15) is 32.6 Å². The van der Waals surface area contributed by atoms with Crippen LogP contribution in [-0.2, 0) is 6.54 Å². The van der Waals surface area contributed by atoms with Crippen LogP contribution in [0.4, 0.5) is 0 Å². The van der Waals surface area contributed by atoms with E-state index >= 15 is 0 Å². The number of carbonyl (C=O) groups excluding carboxylic acids is 1. The number of fused-ring (bicyclic) bond motifs is 1. The molecule has 2 aromatic carbocycles. The van der Waals surface area contributed by atoms with Gasteiger partial charge in [0.15, 0.2) is 11.4 Å². The average molecular weight is 421 g/mol. The molecule has 0 saturated carbocycles. The molecule has 0 N–H and O–H groups in total. The molecule has 0 unspecified atom stereocenters. The van der Waals surface area contributed by atoms with Gasteiger partial charge < -0.3 is 0 Å². The van der Waals surface area contributed by atoms with Crippen molar-refractivity contribution in [3.63, 3.8) is 0 Å². The molecule has 0 atom stereocenters. The highest BCUT2D eigenvalue weighted by molar-refractivity contribution is 6.32. The number of hydrogen-bond donors (Lipinski definition) is 0. The van der Waals surface area contributed by atoms with E-state index in [1.54, 1.807) is 12.1 Å². The maximum atomic E-state index is 13.1. The number of aromatic nitrogens is 4. The highest BCUT2D eigenvalue weighted by atomic mass is 35.5. The topological polar surface area (TPSA) is 69.8 Å². The van der Waals surface area contributed by atoms with Crippen molar-refractivity contribution in [1.82, 2.24) is 19.3 Å². The summed E-state index contributed by atoms with van der Waals surface area (Å²) >= 11 is 6.26. The van der Waals surface area contributed by atoms with Crippen molar-refractivity contribution in [1.29, 1.82) is 0 Å². The van der Waals surface area contributed by atoms with E-state index in [1.165, 1.54) is 21.8 Å². The molecule has 0 radical (unpaired) electrons. The number of benzene rings is 2. The lowest BCUT2D eigenvalue weighted by molar-refractivity contribution is 0.0969. The Morgan fingerprint density at radius 2 is 1.73 bits per heavy atom. The van der Waals surface area contributed by atoms with Crippen LogP contribution in [0.3, 0.4) is 0 Å². The summed E-state index contributed by atoms with van der Waals surface area (Å²) in [5.74, 6) is -0.112. The van der Waals surface area contributed by atoms with Crippen molar-refractivity contribution >= 4 is 28.4 Å². The monoisotopic (exact) mass is 420 g/mol. The Morgan fingerprint density at radius 1 is 1.07 bits per heavy atom. The van der Waals surface area contributed by atoms with E-state index in [2.05, 4.69) is 16.1 Å². The molecule has 0 bridgehead atoms. The quantitative estimate of drug-likeness (QED) is 0.460. The molecule has 0 spiro atoms. The fourth-order valence-corrected chi connectivity index (χ4v) is 3.95. The first-order valence-corrected chi connectivity index (χ1v) is 9.96. The van der Waals surface area contributed by atoms with E-state index in [-0.39, 0.29) is 17.9 Å². The van der Waals surface area contributed by atoms with Gasteiger partial charge in [-0.25, -0.2) is 9.67 Å². The van der Waals surface area contributed by atoms with Crippen molar-refractivity contribution in [3.8, 4) is 5.69 Å². The summed E-state index contributed by atoms with van der Waals surface area (Å²) in [6, 6.07) is 9.28. The van der Waals surface area contributed by atoms with Gasteiger partial charge in [0.25, 0.3) is 5.56 Å². The lowest BCUT2D eigenvalue weighted by atomic mass is 9.91. The zero-order chi connectivity index (χ0) is 21.6. The van der Waals surface area contributed by atoms with Crippen LogP contribution < -0.4 is 5.56 Å². The first kappa shape index (κ1) is 20.0. The molecule has 0 aliphatic heterocycles. The molecule has 0 saturated heterocycles. The zero-order valence-corrected chi connectivity index (χ0v) is 18.0.